The van der Waals surface area contributed by atoms with E-state index in [2.05, 4.69) is 5.32 Å². The van der Waals surface area contributed by atoms with Crippen LogP contribution in [0.3, 0.4) is 0 Å². The molecule has 2 aromatic rings. The van der Waals surface area contributed by atoms with Crippen molar-refractivity contribution < 1.29 is 4.39 Å². The lowest BCUT2D eigenvalue weighted by molar-refractivity contribution is 0.544. The molecule has 112 valence electrons. The average Bonchev–Trinajstić information content (AvgIpc) is 2.42. The van der Waals surface area contributed by atoms with Crippen LogP contribution in [0.2, 0.25) is 10.0 Å². The van der Waals surface area contributed by atoms with E-state index in [0.717, 1.165) is 23.2 Å². The van der Waals surface area contributed by atoms with Crippen molar-refractivity contribution in [2.45, 2.75) is 26.3 Å². The Kier molecular flexibility index (Phi) is 5.63. The second-order valence-corrected chi connectivity index (χ2v) is 5.83. The van der Waals surface area contributed by atoms with Crippen LogP contribution >= 0.6 is 23.2 Å². The maximum absolute atomic E-state index is 13.3. The van der Waals surface area contributed by atoms with E-state index in [1.807, 2.05) is 38.1 Å². The molecule has 21 heavy (non-hydrogen) atoms. The molecule has 0 amide bonds. The molecule has 1 N–H and O–H groups in total. The summed E-state index contributed by atoms with van der Waals surface area (Å²) in [4.78, 5) is 0. The molecule has 4 heteroatoms. The lowest BCUT2D eigenvalue weighted by atomic mass is 9.95. The summed E-state index contributed by atoms with van der Waals surface area (Å²) in [7, 11) is 0. The van der Waals surface area contributed by atoms with Gasteiger partial charge in [-0.25, -0.2) is 4.39 Å². The molecule has 0 saturated carbocycles. The maximum Gasteiger partial charge on any atom is 0.123 e. The van der Waals surface area contributed by atoms with Gasteiger partial charge in [0.15, 0.2) is 0 Å². The largest absolute Gasteiger partial charge is 0.310 e. The molecule has 2 aromatic carbocycles. The Bertz CT molecular complexity index is 608. The summed E-state index contributed by atoms with van der Waals surface area (Å²) < 4.78 is 13.3. The van der Waals surface area contributed by atoms with Crippen LogP contribution in [0.1, 0.15) is 29.7 Å². The van der Waals surface area contributed by atoms with Crippen LogP contribution in [0.25, 0.3) is 0 Å². The van der Waals surface area contributed by atoms with Gasteiger partial charge in [-0.1, -0.05) is 42.3 Å². The van der Waals surface area contributed by atoms with Crippen LogP contribution in [0, 0.1) is 12.7 Å². The zero-order valence-corrected chi connectivity index (χ0v) is 13.6. The second kappa shape index (κ2) is 7.26. The molecule has 0 bridgehead atoms. The van der Waals surface area contributed by atoms with Crippen LogP contribution in [0.4, 0.5) is 4.39 Å². The van der Waals surface area contributed by atoms with E-state index in [1.165, 1.54) is 6.07 Å². The molecule has 1 atom stereocenters. The Morgan fingerprint density at radius 2 is 1.81 bits per heavy atom. The third-order valence-corrected chi connectivity index (χ3v) is 4.24. The normalized spacial score (nSPS) is 12.4. The van der Waals surface area contributed by atoms with Crippen LogP contribution < -0.4 is 5.32 Å². The molecule has 0 fully saturated rings. The summed E-state index contributed by atoms with van der Waals surface area (Å²) in [5, 5.41) is 4.74. The van der Waals surface area contributed by atoms with Crippen molar-refractivity contribution >= 4 is 23.2 Å². The monoisotopic (exact) mass is 325 g/mol. The molecule has 0 radical (unpaired) electrons. The molecule has 0 aliphatic rings. The molecule has 0 aliphatic heterocycles. The smallest absolute Gasteiger partial charge is 0.123 e. The Labute approximate surface area is 135 Å². The molecule has 0 saturated heterocycles. The van der Waals surface area contributed by atoms with Crippen LogP contribution in [-0.2, 0) is 6.42 Å². The molecule has 2 rings (SSSR count). The SMILES string of the molecule is CCNC(Cc1c(Cl)cccc1Cl)c1ccc(F)cc1C. The number of aryl methyl sites for hydroxylation is 1. The van der Waals surface area contributed by atoms with E-state index in [0.29, 0.717) is 16.5 Å². The van der Waals surface area contributed by atoms with E-state index in [4.69, 9.17) is 23.2 Å². The van der Waals surface area contributed by atoms with Crippen molar-refractivity contribution in [2.24, 2.45) is 0 Å². The Morgan fingerprint density at radius 3 is 2.38 bits per heavy atom. The zero-order valence-electron chi connectivity index (χ0n) is 12.1. The lowest BCUT2D eigenvalue weighted by Crippen LogP contribution is -2.24. The van der Waals surface area contributed by atoms with Gasteiger partial charge in [0.2, 0.25) is 0 Å². The van der Waals surface area contributed by atoms with Crippen LogP contribution in [0.15, 0.2) is 36.4 Å². The fourth-order valence-corrected chi connectivity index (χ4v) is 3.05. The van der Waals surface area contributed by atoms with Crippen molar-refractivity contribution in [1.29, 1.82) is 0 Å². The van der Waals surface area contributed by atoms with Crippen LogP contribution in [-0.4, -0.2) is 6.54 Å². The van der Waals surface area contributed by atoms with Gasteiger partial charge in [0, 0.05) is 16.1 Å². The predicted octanol–water partition coefficient (Wildman–Crippen LogP) is 5.33. The van der Waals surface area contributed by atoms with Gasteiger partial charge in [0.25, 0.3) is 0 Å². The number of likely N-dealkylation sites (N-methyl/N-ethyl adjacent to an activating group) is 1. The number of benzene rings is 2. The first kappa shape index (κ1) is 16.3. The molecule has 0 spiro atoms. The first-order valence-corrected chi connectivity index (χ1v) is 7.70. The molecule has 0 heterocycles. The van der Waals surface area contributed by atoms with E-state index in [-0.39, 0.29) is 11.9 Å². The fourth-order valence-electron chi connectivity index (χ4n) is 2.50. The van der Waals surface area contributed by atoms with Crippen molar-refractivity contribution in [2.75, 3.05) is 6.54 Å². The number of hydrogen-bond donors (Lipinski definition) is 1. The average molecular weight is 326 g/mol. The number of nitrogens with one attached hydrogen (secondary N) is 1. The van der Waals surface area contributed by atoms with Gasteiger partial charge in [-0.05, 0) is 60.8 Å². The Hall–Kier alpha value is -1.09. The minimum Gasteiger partial charge on any atom is -0.310 e. The van der Waals surface area contributed by atoms with E-state index in [9.17, 15) is 4.39 Å². The van der Waals surface area contributed by atoms with Crippen LogP contribution in [0.5, 0.6) is 0 Å². The predicted molar refractivity (Wildman–Crippen MR) is 87.7 cm³/mol. The zero-order chi connectivity index (χ0) is 15.4. The van der Waals surface area contributed by atoms with E-state index < -0.39 is 0 Å². The summed E-state index contributed by atoms with van der Waals surface area (Å²) in [6, 6.07) is 10.4. The van der Waals surface area contributed by atoms with Gasteiger partial charge < -0.3 is 5.32 Å². The van der Waals surface area contributed by atoms with Crippen molar-refractivity contribution in [3.05, 3.63) is 69.0 Å². The van der Waals surface area contributed by atoms with Gasteiger partial charge in [-0.15, -0.1) is 0 Å². The molecular weight excluding hydrogens is 308 g/mol. The number of hydrogen-bond acceptors (Lipinski definition) is 1. The summed E-state index contributed by atoms with van der Waals surface area (Å²) in [5.41, 5.74) is 2.90. The lowest BCUT2D eigenvalue weighted by Gasteiger charge is -2.21. The van der Waals surface area contributed by atoms with Crippen molar-refractivity contribution in [3.8, 4) is 0 Å². The minimum atomic E-state index is -0.220. The van der Waals surface area contributed by atoms with Crippen molar-refractivity contribution in [3.63, 3.8) is 0 Å². The molecule has 0 aromatic heterocycles. The topological polar surface area (TPSA) is 12.0 Å². The second-order valence-electron chi connectivity index (χ2n) is 5.02. The molecular formula is C17H18Cl2FN. The first-order valence-electron chi connectivity index (χ1n) is 6.95. The highest BCUT2D eigenvalue weighted by atomic mass is 35.5. The molecule has 1 unspecified atom stereocenters. The number of rotatable bonds is 5. The Balaban J connectivity index is 2.35. The highest BCUT2D eigenvalue weighted by Crippen LogP contribution is 2.30. The summed E-state index contributed by atoms with van der Waals surface area (Å²) in [6.45, 7) is 4.76. The summed E-state index contributed by atoms with van der Waals surface area (Å²) in [6.07, 6.45) is 0.665. The van der Waals surface area contributed by atoms with Gasteiger partial charge in [-0.3, -0.25) is 0 Å². The highest BCUT2D eigenvalue weighted by molar-refractivity contribution is 6.36. The molecule has 1 nitrogen and oxygen atoms in total. The molecule has 0 aliphatic carbocycles. The minimum absolute atomic E-state index is 0.0491. The number of halogens is 3. The maximum atomic E-state index is 13.3. The Morgan fingerprint density at radius 1 is 1.14 bits per heavy atom. The first-order chi connectivity index (χ1) is 10.0. The summed E-state index contributed by atoms with van der Waals surface area (Å²) in [5.74, 6) is -0.220. The third kappa shape index (κ3) is 3.97. The fraction of sp³-hybridized carbons (Fsp3) is 0.294. The summed E-state index contributed by atoms with van der Waals surface area (Å²) >= 11 is 12.5. The highest BCUT2D eigenvalue weighted by Gasteiger charge is 2.17. The van der Waals surface area contributed by atoms with E-state index >= 15 is 0 Å². The van der Waals surface area contributed by atoms with Gasteiger partial charge in [0.05, 0.1) is 0 Å². The van der Waals surface area contributed by atoms with Gasteiger partial charge in [0.1, 0.15) is 5.82 Å². The van der Waals surface area contributed by atoms with Gasteiger partial charge >= 0.3 is 0 Å². The quantitative estimate of drug-likeness (QED) is 0.782. The standard InChI is InChI=1S/C17H18Cl2FN/c1-3-21-17(13-8-7-12(20)9-11(13)2)10-14-15(18)5-4-6-16(14)19/h4-9,17,21H,3,10H2,1-2H3. The van der Waals surface area contributed by atoms with E-state index in [1.54, 1.807) is 6.07 Å². The van der Waals surface area contributed by atoms with Crippen molar-refractivity contribution in [1.82, 2.24) is 5.32 Å². The third-order valence-electron chi connectivity index (χ3n) is 3.53. The van der Waals surface area contributed by atoms with Gasteiger partial charge in [-0.2, -0.15) is 0 Å².